The Kier molecular flexibility index (Phi) is 7.18. The number of esters is 1. The third-order valence-corrected chi connectivity index (χ3v) is 6.20. The molecule has 0 bridgehead atoms. The van der Waals surface area contributed by atoms with E-state index in [2.05, 4.69) is 5.32 Å². The molecule has 0 unspecified atom stereocenters. The van der Waals surface area contributed by atoms with Crippen LogP contribution in [0.2, 0.25) is 0 Å². The van der Waals surface area contributed by atoms with Crippen molar-refractivity contribution in [1.29, 1.82) is 0 Å². The number of ether oxygens (including phenoxy) is 1. The molecule has 30 heavy (non-hydrogen) atoms. The molecule has 12 heteroatoms. The third-order valence-electron chi connectivity index (χ3n) is 4.39. The minimum Gasteiger partial charge on any atom is -0.456 e. The van der Waals surface area contributed by atoms with Crippen LogP contribution in [0.3, 0.4) is 0 Å². The highest BCUT2D eigenvalue weighted by Gasteiger charge is 2.22. The Bertz CT molecular complexity index is 1170. The Hall–Kier alpha value is -2.96. The summed E-state index contributed by atoms with van der Waals surface area (Å²) in [4.78, 5) is 36.4. The molecule has 164 valence electrons. The molecule has 11 nitrogen and oxygen atoms in total. The van der Waals surface area contributed by atoms with E-state index in [4.69, 9.17) is 9.84 Å². The van der Waals surface area contributed by atoms with Crippen molar-refractivity contribution in [1.82, 2.24) is 13.4 Å². The van der Waals surface area contributed by atoms with Crippen LogP contribution in [-0.4, -0.2) is 60.2 Å². The number of nitrogens with zero attached hydrogens (tertiary/aromatic N) is 3. The lowest BCUT2D eigenvalue weighted by atomic mass is 10.1. The zero-order chi connectivity index (χ0) is 22.6. The number of aliphatic hydroxyl groups excluding tert-OH is 1. The van der Waals surface area contributed by atoms with Gasteiger partial charge in [-0.05, 0) is 18.2 Å². The van der Waals surface area contributed by atoms with E-state index in [1.54, 1.807) is 0 Å². The highest BCUT2D eigenvalue weighted by atomic mass is 32.2. The first kappa shape index (κ1) is 23.3. The molecule has 0 aliphatic heterocycles. The Morgan fingerprint density at radius 2 is 1.83 bits per heavy atom. The Labute approximate surface area is 173 Å². The van der Waals surface area contributed by atoms with Crippen molar-refractivity contribution in [3.63, 3.8) is 0 Å². The minimum absolute atomic E-state index is 0.0693. The van der Waals surface area contributed by atoms with Gasteiger partial charge in [0, 0.05) is 46.5 Å². The molecule has 2 aromatic rings. The number of aliphatic hydroxyl groups is 1. The highest BCUT2D eigenvalue weighted by Crippen LogP contribution is 2.23. The molecule has 0 radical (unpaired) electrons. The molecule has 0 aliphatic rings. The number of anilines is 1. The van der Waals surface area contributed by atoms with Crippen LogP contribution >= 0.6 is 0 Å². The fourth-order valence-corrected chi connectivity index (χ4v) is 3.47. The van der Waals surface area contributed by atoms with Gasteiger partial charge in [-0.15, -0.1) is 0 Å². The summed E-state index contributed by atoms with van der Waals surface area (Å²) < 4.78 is 33.1. The minimum atomic E-state index is -3.80. The van der Waals surface area contributed by atoms with Gasteiger partial charge in [-0.1, -0.05) is 0 Å². The van der Waals surface area contributed by atoms with E-state index in [1.165, 1.54) is 57.0 Å². The number of benzene rings is 1. The average molecular weight is 440 g/mol. The van der Waals surface area contributed by atoms with Gasteiger partial charge >= 0.3 is 11.7 Å². The highest BCUT2D eigenvalue weighted by molar-refractivity contribution is 7.89. The molecule has 0 saturated heterocycles. The summed E-state index contributed by atoms with van der Waals surface area (Å²) in [6, 6.07) is 5.07. The van der Waals surface area contributed by atoms with Gasteiger partial charge < -0.3 is 15.2 Å². The van der Waals surface area contributed by atoms with Crippen molar-refractivity contribution < 1.29 is 23.1 Å². The molecule has 1 aromatic heterocycles. The van der Waals surface area contributed by atoms with Gasteiger partial charge in [-0.3, -0.25) is 13.9 Å². The molecule has 0 aliphatic carbocycles. The van der Waals surface area contributed by atoms with Crippen LogP contribution < -0.4 is 16.6 Å². The Balaban J connectivity index is 2.39. The first-order chi connectivity index (χ1) is 14.0. The summed E-state index contributed by atoms with van der Waals surface area (Å²) in [6.07, 6.45) is 0. The largest absolute Gasteiger partial charge is 0.456 e. The van der Waals surface area contributed by atoms with E-state index >= 15 is 0 Å². The lowest BCUT2D eigenvalue weighted by Crippen LogP contribution is -2.38. The van der Waals surface area contributed by atoms with Crippen LogP contribution in [0.4, 0.5) is 5.69 Å². The SMILES string of the molecule is CN(C)S(=O)(=O)c1ccc(NCCO)c(C(=O)OCc2cc(=O)n(C)c(=O)n2C)c1. The number of nitrogens with one attached hydrogen (secondary N) is 1. The molecule has 0 amide bonds. The molecular formula is C18H24N4O7S. The van der Waals surface area contributed by atoms with Gasteiger partial charge in [0.15, 0.2) is 0 Å². The van der Waals surface area contributed by atoms with Crippen molar-refractivity contribution in [2.24, 2.45) is 14.1 Å². The van der Waals surface area contributed by atoms with Gasteiger partial charge in [0.2, 0.25) is 10.0 Å². The van der Waals surface area contributed by atoms with Crippen LogP contribution in [0.5, 0.6) is 0 Å². The van der Waals surface area contributed by atoms with Crippen LogP contribution in [0.1, 0.15) is 16.1 Å². The number of carbonyl (C=O) groups is 1. The number of rotatable bonds is 8. The number of sulfonamides is 1. The lowest BCUT2D eigenvalue weighted by Gasteiger charge is -2.16. The van der Waals surface area contributed by atoms with Crippen molar-refractivity contribution in [3.8, 4) is 0 Å². The van der Waals surface area contributed by atoms with Gasteiger partial charge in [0.25, 0.3) is 5.56 Å². The summed E-state index contributed by atoms with van der Waals surface area (Å²) in [5.41, 5.74) is -0.741. The van der Waals surface area contributed by atoms with E-state index in [-0.39, 0.29) is 41.6 Å². The molecule has 1 aromatic carbocycles. The second-order valence-corrected chi connectivity index (χ2v) is 8.75. The molecule has 0 atom stereocenters. The fourth-order valence-electron chi connectivity index (χ4n) is 2.54. The van der Waals surface area contributed by atoms with Crippen LogP contribution in [0, 0.1) is 0 Å². The first-order valence-electron chi connectivity index (χ1n) is 8.85. The number of carbonyl (C=O) groups excluding carboxylic acids is 1. The summed E-state index contributed by atoms with van der Waals surface area (Å²) in [7, 11) is 1.69. The maximum Gasteiger partial charge on any atom is 0.340 e. The molecular weight excluding hydrogens is 416 g/mol. The van der Waals surface area contributed by atoms with E-state index in [1.807, 2.05) is 0 Å². The zero-order valence-electron chi connectivity index (χ0n) is 17.1. The van der Waals surface area contributed by atoms with Crippen LogP contribution in [-0.2, 0) is 35.5 Å². The smallest absolute Gasteiger partial charge is 0.340 e. The summed E-state index contributed by atoms with van der Waals surface area (Å²) in [6.45, 7) is -0.449. The van der Waals surface area contributed by atoms with Gasteiger partial charge in [-0.2, -0.15) is 0 Å². The maximum absolute atomic E-state index is 12.7. The van der Waals surface area contributed by atoms with Gasteiger partial charge in [-0.25, -0.2) is 22.3 Å². The fraction of sp³-hybridized carbons (Fsp3) is 0.389. The monoisotopic (exact) mass is 440 g/mol. The lowest BCUT2D eigenvalue weighted by molar-refractivity contribution is 0.0463. The van der Waals surface area contributed by atoms with Gasteiger partial charge in [0.05, 0.1) is 22.8 Å². The standard InChI is InChI=1S/C18H24N4O7S/c1-20(2)30(27,28)13-5-6-15(19-7-8-23)14(10-13)17(25)29-11-12-9-16(24)22(4)18(26)21(12)3/h5-6,9-10,19,23H,7-8,11H2,1-4H3. The van der Waals surface area contributed by atoms with E-state index in [0.29, 0.717) is 0 Å². The van der Waals surface area contributed by atoms with Crippen LogP contribution in [0.25, 0.3) is 0 Å². The maximum atomic E-state index is 12.7. The normalized spacial score (nSPS) is 11.5. The van der Waals surface area contributed by atoms with Crippen molar-refractivity contribution in [2.75, 3.05) is 32.6 Å². The Morgan fingerprint density at radius 1 is 1.17 bits per heavy atom. The third kappa shape index (κ3) is 4.78. The first-order valence-corrected chi connectivity index (χ1v) is 10.3. The molecule has 0 saturated carbocycles. The van der Waals surface area contributed by atoms with Crippen LogP contribution in [0.15, 0.2) is 38.8 Å². The Morgan fingerprint density at radius 3 is 2.43 bits per heavy atom. The predicted molar refractivity (Wildman–Crippen MR) is 109 cm³/mol. The predicted octanol–water partition coefficient (Wildman–Crippen LogP) is -0.904. The summed E-state index contributed by atoms with van der Waals surface area (Å²) >= 11 is 0. The number of hydrogen-bond acceptors (Lipinski definition) is 8. The van der Waals surface area contributed by atoms with Crippen molar-refractivity contribution >= 4 is 21.7 Å². The molecule has 0 spiro atoms. The molecule has 0 fully saturated rings. The topological polar surface area (TPSA) is 140 Å². The van der Waals surface area contributed by atoms with Crippen molar-refractivity contribution in [2.45, 2.75) is 11.5 Å². The van der Waals surface area contributed by atoms with E-state index in [0.717, 1.165) is 8.87 Å². The average Bonchev–Trinajstić information content (AvgIpc) is 2.71. The number of hydrogen-bond donors (Lipinski definition) is 2. The quantitative estimate of drug-likeness (QED) is 0.503. The molecule has 1 heterocycles. The van der Waals surface area contributed by atoms with Crippen molar-refractivity contribution in [3.05, 3.63) is 56.4 Å². The zero-order valence-corrected chi connectivity index (χ0v) is 17.9. The second-order valence-electron chi connectivity index (χ2n) is 6.60. The summed E-state index contributed by atoms with van der Waals surface area (Å²) in [5, 5.41) is 11.8. The molecule has 2 N–H and O–H groups in total. The molecule has 2 rings (SSSR count). The second kappa shape index (κ2) is 9.24. The number of aromatic nitrogens is 2. The van der Waals surface area contributed by atoms with E-state index in [9.17, 15) is 22.8 Å². The van der Waals surface area contributed by atoms with E-state index < -0.39 is 27.2 Å². The summed E-state index contributed by atoms with van der Waals surface area (Å²) in [5.74, 6) is -0.862. The van der Waals surface area contributed by atoms with Gasteiger partial charge in [0.1, 0.15) is 6.61 Å².